The molecule has 4 nitrogen and oxygen atoms in total. The van der Waals surface area contributed by atoms with E-state index < -0.39 is 0 Å². The van der Waals surface area contributed by atoms with Gasteiger partial charge in [0, 0.05) is 0 Å². The van der Waals surface area contributed by atoms with Crippen molar-refractivity contribution >= 4 is 11.3 Å². The van der Waals surface area contributed by atoms with Gasteiger partial charge in [0.1, 0.15) is 0 Å². The maximum absolute atomic E-state index is 11.8. The quantitative estimate of drug-likeness (QED) is 0.879. The van der Waals surface area contributed by atoms with Gasteiger partial charge in [-0.3, -0.25) is 4.79 Å². The molecule has 0 aliphatic carbocycles. The first kappa shape index (κ1) is 11.9. The van der Waals surface area contributed by atoms with E-state index in [-0.39, 0.29) is 11.4 Å². The third kappa shape index (κ3) is 2.24. The number of rotatable bonds is 3. The molecular formula is C12H14N2O2S. The fourth-order valence-electron chi connectivity index (χ4n) is 1.68. The Morgan fingerprint density at radius 1 is 1.53 bits per heavy atom. The summed E-state index contributed by atoms with van der Waals surface area (Å²) in [4.78, 5) is 19.5. The summed E-state index contributed by atoms with van der Waals surface area (Å²) in [5.41, 5.74) is 1.16. The summed E-state index contributed by atoms with van der Waals surface area (Å²) in [5.74, 6) is 0.290. The minimum atomic E-state index is -0.248. The standard InChI is InChI=1S/C12H14N2O2S/c1-3-4-8-11(15)13-10(14-12(8)16)9-7(2)5-6-17-9/h5-6H,3-4H2,1-2H3,(H2,13,14,15,16). The van der Waals surface area contributed by atoms with Crippen molar-refractivity contribution in [2.75, 3.05) is 0 Å². The zero-order chi connectivity index (χ0) is 12.4. The molecule has 17 heavy (non-hydrogen) atoms. The highest BCUT2D eigenvalue weighted by molar-refractivity contribution is 7.13. The number of aromatic amines is 1. The van der Waals surface area contributed by atoms with Gasteiger partial charge in [-0.25, -0.2) is 0 Å². The van der Waals surface area contributed by atoms with Crippen molar-refractivity contribution in [3.05, 3.63) is 32.9 Å². The van der Waals surface area contributed by atoms with E-state index in [1.807, 2.05) is 25.3 Å². The summed E-state index contributed by atoms with van der Waals surface area (Å²) in [6.45, 7) is 3.90. The van der Waals surface area contributed by atoms with Gasteiger partial charge in [0.2, 0.25) is 5.88 Å². The number of H-pyrrole nitrogens is 1. The largest absolute Gasteiger partial charge is 0.493 e. The minimum Gasteiger partial charge on any atom is -0.493 e. The highest BCUT2D eigenvalue weighted by Gasteiger charge is 2.12. The van der Waals surface area contributed by atoms with Crippen LogP contribution in [0.15, 0.2) is 16.2 Å². The lowest BCUT2D eigenvalue weighted by Gasteiger charge is -2.04. The molecule has 0 saturated carbocycles. The van der Waals surface area contributed by atoms with Crippen molar-refractivity contribution in [3.8, 4) is 16.6 Å². The summed E-state index contributed by atoms with van der Waals surface area (Å²) in [6, 6.07) is 1.96. The topological polar surface area (TPSA) is 66.0 Å². The van der Waals surface area contributed by atoms with Crippen LogP contribution in [0.3, 0.4) is 0 Å². The van der Waals surface area contributed by atoms with Crippen LogP contribution in [0, 0.1) is 6.92 Å². The molecule has 0 aromatic carbocycles. The van der Waals surface area contributed by atoms with Gasteiger partial charge in [-0.05, 0) is 30.4 Å². The van der Waals surface area contributed by atoms with E-state index in [9.17, 15) is 9.90 Å². The first-order valence-electron chi connectivity index (χ1n) is 5.50. The van der Waals surface area contributed by atoms with E-state index in [0.717, 1.165) is 16.9 Å². The Bertz CT molecular complexity index is 586. The van der Waals surface area contributed by atoms with Gasteiger partial charge in [-0.15, -0.1) is 11.3 Å². The number of aromatic hydroxyl groups is 1. The lowest BCUT2D eigenvalue weighted by atomic mass is 10.2. The van der Waals surface area contributed by atoms with Crippen LogP contribution in [0.25, 0.3) is 10.7 Å². The Morgan fingerprint density at radius 2 is 2.29 bits per heavy atom. The van der Waals surface area contributed by atoms with Crippen molar-refractivity contribution in [3.63, 3.8) is 0 Å². The van der Waals surface area contributed by atoms with Gasteiger partial charge in [0.15, 0.2) is 5.82 Å². The third-order valence-corrected chi connectivity index (χ3v) is 3.59. The fourth-order valence-corrected chi connectivity index (χ4v) is 2.55. The molecule has 0 atom stereocenters. The van der Waals surface area contributed by atoms with E-state index in [1.54, 1.807) is 0 Å². The monoisotopic (exact) mass is 250 g/mol. The van der Waals surface area contributed by atoms with Crippen LogP contribution in [0.4, 0.5) is 0 Å². The van der Waals surface area contributed by atoms with E-state index in [2.05, 4.69) is 9.97 Å². The molecule has 0 unspecified atom stereocenters. The van der Waals surface area contributed by atoms with Crippen LogP contribution in [0.5, 0.6) is 5.88 Å². The van der Waals surface area contributed by atoms with Crippen LogP contribution in [-0.2, 0) is 6.42 Å². The SMILES string of the molecule is CCCc1c(O)nc(-c2sccc2C)[nH]c1=O. The normalized spacial score (nSPS) is 10.7. The summed E-state index contributed by atoms with van der Waals surface area (Å²) in [7, 11) is 0. The Morgan fingerprint density at radius 3 is 2.82 bits per heavy atom. The summed E-state index contributed by atoms with van der Waals surface area (Å²) < 4.78 is 0. The smallest absolute Gasteiger partial charge is 0.258 e. The molecular weight excluding hydrogens is 236 g/mol. The summed E-state index contributed by atoms with van der Waals surface area (Å²) >= 11 is 1.50. The first-order valence-corrected chi connectivity index (χ1v) is 6.38. The van der Waals surface area contributed by atoms with Gasteiger partial charge in [-0.2, -0.15) is 4.98 Å². The van der Waals surface area contributed by atoms with Crippen molar-refractivity contribution in [2.24, 2.45) is 0 Å². The van der Waals surface area contributed by atoms with Crippen molar-refractivity contribution < 1.29 is 5.11 Å². The molecule has 2 rings (SSSR count). The van der Waals surface area contributed by atoms with Gasteiger partial charge >= 0.3 is 0 Å². The summed E-state index contributed by atoms with van der Waals surface area (Å²) in [5, 5.41) is 11.7. The van der Waals surface area contributed by atoms with Gasteiger partial charge in [-0.1, -0.05) is 13.3 Å². The second-order valence-corrected chi connectivity index (χ2v) is 4.82. The van der Waals surface area contributed by atoms with E-state index in [1.165, 1.54) is 11.3 Å². The van der Waals surface area contributed by atoms with Crippen LogP contribution in [0.2, 0.25) is 0 Å². The zero-order valence-corrected chi connectivity index (χ0v) is 10.6. The molecule has 0 amide bonds. The van der Waals surface area contributed by atoms with E-state index >= 15 is 0 Å². The number of hydrogen-bond donors (Lipinski definition) is 2. The number of nitrogens with zero attached hydrogens (tertiary/aromatic N) is 1. The highest BCUT2D eigenvalue weighted by Crippen LogP contribution is 2.26. The van der Waals surface area contributed by atoms with Crippen molar-refractivity contribution in [1.29, 1.82) is 0 Å². The molecule has 0 aliphatic rings. The second kappa shape index (κ2) is 4.71. The number of nitrogens with one attached hydrogen (secondary N) is 1. The lowest BCUT2D eigenvalue weighted by molar-refractivity contribution is 0.443. The Kier molecular flexibility index (Phi) is 3.28. The maximum atomic E-state index is 11.8. The Hall–Kier alpha value is -1.62. The first-order chi connectivity index (χ1) is 8.13. The van der Waals surface area contributed by atoms with Crippen molar-refractivity contribution in [2.45, 2.75) is 26.7 Å². The molecule has 2 heterocycles. The summed E-state index contributed by atoms with van der Waals surface area (Å²) in [6.07, 6.45) is 1.34. The molecule has 2 N–H and O–H groups in total. The average Bonchev–Trinajstić information content (AvgIpc) is 2.69. The number of thiophene rings is 1. The average molecular weight is 250 g/mol. The number of hydrogen-bond acceptors (Lipinski definition) is 4. The predicted octanol–water partition coefficient (Wildman–Crippen LogP) is 2.46. The molecule has 5 heteroatoms. The minimum absolute atomic E-state index is 0.154. The van der Waals surface area contributed by atoms with Gasteiger partial charge < -0.3 is 10.1 Å². The van der Waals surface area contributed by atoms with Crippen molar-refractivity contribution in [1.82, 2.24) is 9.97 Å². The van der Waals surface area contributed by atoms with Crippen LogP contribution < -0.4 is 5.56 Å². The lowest BCUT2D eigenvalue weighted by Crippen LogP contribution is -2.15. The van der Waals surface area contributed by atoms with Crippen LogP contribution in [-0.4, -0.2) is 15.1 Å². The van der Waals surface area contributed by atoms with Crippen LogP contribution >= 0.6 is 11.3 Å². The van der Waals surface area contributed by atoms with Crippen LogP contribution in [0.1, 0.15) is 24.5 Å². The molecule has 0 fully saturated rings. The Labute approximate surface area is 103 Å². The fraction of sp³-hybridized carbons (Fsp3) is 0.333. The number of aryl methyl sites for hydroxylation is 1. The van der Waals surface area contributed by atoms with E-state index in [0.29, 0.717) is 17.8 Å². The number of aromatic nitrogens is 2. The molecule has 90 valence electrons. The maximum Gasteiger partial charge on any atom is 0.258 e. The highest BCUT2D eigenvalue weighted by atomic mass is 32.1. The zero-order valence-electron chi connectivity index (χ0n) is 9.78. The van der Waals surface area contributed by atoms with E-state index in [4.69, 9.17) is 0 Å². The molecule has 2 aromatic rings. The van der Waals surface area contributed by atoms with Gasteiger partial charge in [0.25, 0.3) is 5.56 Å². The Balaban J connectivity index is 2.53. The molecule has 2 aromatic heterocycles. The molecule has 0 saturated heterocycles. The molecule has 0 aliphatic heterocycles. The molecule has 0 bridgehead atoms. The third-order valence-electron chi connectivity index (χ3n) is 2.57. The predicted molar refractivity (Wildman–Crippen MR) is 68.6 cm³/mol. The van der Waals surface area contributed by atoms with Gasteiger partial charge in [0.05, 0.1) is 10.4 Å². The second-order valence-electron chi connectivity index (χ2n) is 3.90. The molecule has 0 radical (unpaired) electrons. The molecule has 0 spiro atoms.